The van der Waals surface area contributed by atoms with Gasteiger partial charge in [0.05, 0.1) is 24.8 Å². The number of esters is 1. The van der Waals surface area contributed by atoms with Crippen LogP contribution in [-0.2, 0) is 9.53 Å². The van der Waals surface area contributed by atoms with Crippen LogP contribution in [0.3, 0.4) is 0 Å². The Morgan fingerprint density at radius 3 is 2.33 bits per heavy atom. The van der Waals surface area contributed by atoms with Gasteiger partial charge in [0.25, 0.3) is 5.91 Å². The normalized spacial score (nSPS) is 12.0. The fraction of sp³-hybridized carbons (Fsp3) is 0.368. The van der Waals surface area contributed by atoms with Crippen molar-refractivity contribution in [3.05, 3.63) is 59.0 Å². The van der Waals surface area contributed by atoms with Crippen molar-refractivity contribution in [2.75, 3.05) is 0 Å². The molecule has 1 aromatic carbocycles. The topological polar surface area (TPSA) is 68.5 Å². The standard InChI is InChI=1S/C19H23NO4/c1-12(2)24-17(21)11-16(15-7-5-13(3)6-8-15)20-19(22)18-14(4)9-10-23-18/h5-10,12,16H,11H2,1-4H3,(H,20,22). The first-order chi connectivity index (χ1) is 11.4. The zero-order valence-electron chi connectivity index (χ0n) is 14.5. The van der Waals surface area contributed by atoms with E-state index in [9.17, 15) is 9.59 Å². The molecule has 0 radical (unpaired) electrons. The lowest BCUT2D eigenvalue weighted by molar-refractivity contribution is -0.147. The van der Waals surface area contributed by atoms with E-state index >= 15 is 0 Å². The summed E-state index contributed by atoms with van der Waals surface area (Å²) in [5, 5.41) is 2.87. The summed E-state index contributed by atoms with van der Waals surface area (Å²) in [5.41, 5.74) is 2.70. The highest BCUT2D eigenvalue weighted by Crippen LogP contribution is 2.20. The molecule has 24 heavy (non-hydrogen) atoms. The maximum atomic E-state index is 12.4. The third-order valence-corrected chi connectivity index (χ3v) is 3.59. The fourth-order valence-corrected chi connectivity index (χ4v) is 2.36. The van der Waals surface area contributed by atoms with Crippen LogP contribution >= 0.6 is 0 Å². The Hall–Kier alpha value is -2.56. The van der Waals surface area contributed by atoms with Crippen molar-refractivity contribution in [1.82, 2.24) is 5.32 Å². The van der Waals surface area contributed by atoms with Gasteiger partial charge in [0.1, 0.15) is 0 Å². The second-order valence-electron chi connectivity index (χ2n) is 6.11. The van der Waals surface area contributed by atoms with E-state index in [1.165, 1.54) is 6.26 Å². The van der Waals surface area contributed by atoms with E-state index in [1.54, 1.807) is 26.8 Å². The molecule has 0 aliphatic carbocycles. The average Bonchev–Trinajstić information content (AvgIpc) is 2.92. The summed E-state index contributed by atoms with van der Waals surface area (Å²) in [6.45, 7) is 7.37. The number of ether oxygens (including phenoxy) is 1. The molecule has 1 unspecified atom stereocenters. The summed E-state index contributed by atoms with van der Waals surface area (Å²) < 4.78 is 10.4. The minimum Gasteiger partial charge on any atom is -0.463 e. The van der Waals surface area contributed by atoms with Crippen LogP contribution in [0.2, 0.25) is 0 Å². The number of carbonyl (C=O) groups excluding carboxylic acids is 2. The van der Waals surface area contributed by atoms with E-state index in [0.717, 1.165) is 16.7 Å². The molecule has 1 amide bonds. The molecule has 0 saturated carbocycles. The second kappa shape index (κ2) is 7.81. The van der Waals surface area contributed by atoms with Gasteiger partial charge in [-0.1, -0.05) is 29.8 Å². The Morgan fingerprint density at radius 1 is 1.12 bits per heavy atom. The van der Waals surface area contributed by atoms with Gasteiger partial charge in [-0.15, -0.1) is 0 Å². The number of benzene rings is 1. The first-order valence-corrected chi connectivity index (χ1v) is 7.98. The number of furan rings is 1. The Balaban J connectivity index is 2.19. The summed E-state index contributed by atoms with van der Waals surface area (Å²) in [5.74, 6) is -0.447. The van der Waals surface area contributed by atoms with Crippen molar-refractivity contribution in [2.24, 2.45) is 0 Å². The fourth-order valence-electron chi connectivity index (χ4n) is 2.36. The zero-order chi connectivity index (χ0) is 17.7. The molecule has 1 heterocycles. The van der Waals surface area contributed by atoms with E-state index in [1.807, 2.05) is 31.2 Å². The largest absolute Gasteiger partial charge is 0.463 e. The molecule has 128 valence electrons. The highest BCUT2D eigenvalue weighted by molar-refractivity contribution is 5.93. The van der Waals surface area contributed by atoms with Crippen LogP contribution in [0.15, 0.2) is 41.0 Å². The van der Waals surface area contributed by atoms with Crippen LogP contribution in [0.4, 0.5) is 0 Å². The lowest BCUT2D eigenvalue weighted by atomic mass is 10.0. The molecule has 0 spiro atoms. The van der Waals surface area contributed by atoms with Crippen LogP contribution in [0.25, 0.3) is 0 Å². The van der Waals surface area contributed by atoms with Crippen LogP contribution < -0.4 is 5.32 Å². The number of rotatable bonds is 6. The highest BCUT2D eigenvalue weighted by atomic mass is 16.5. The van der Waals surface area contributed by atoms with Gasteiger partial charge in [0.15, 0.2) is 5.76 Å². The maximum Gasteiger partial charge on any atom is 0.308 e. The molecule has 0 bridgehead atoms. The van der Waals surface area contributed by atoms with Crippen LogP contribution in [-0.4, -0.2) is 18.0 Å². The average molecular weight is 329 g/mol. The SMILES string of the molecule is Cc1ccc(C(CC(=O)OC(C)C)NC(=O)c2occc2C)cc1. The first kappa shape index (κ1) is 17.8. The lowest BCUT2D eigenvalue weighted by Gasteiger charge is -2.19. The van der Waals surface area contributed by atoms with Crippen LogP contribution in [0.5, 0.6) is 0 Å². The minimum atomic E-state index is -0.478. The molecule has 1 N–H and O–H groups in total. The van der Waals surface area contributed by atoms with Crippen LogP contribution in [0, 0.1) is 13.8 Å². The molecule has 1 atom stereocenters. The number of hydrogen-bond donors (Lipinski definition) is 1. The second-order valence-corrected chi connectivity index (χ2v) is 6.11. The van der Waals surface area contributed by atoms with Crippen molar-refractivity contribution in [3.8, 4) is 0 Å². The van der Waals surface area contributed by atoms with E-state index in [0.29, 0.717) is 0 Å². The Bertz CT molecular complexity index is 700. The molecular weight excluding hydrogens is 306 g/mol. The smallest absolute Gasteiger partial charge is 0.308 e. The van der Waals surface area contributed by atoms with Crippen molar-refractivity contribution in [3.63, 3.8) is 0 Å². The number of amides is 1. The molecule has 5 nitrogen and oxygen atoms in total. The Labute approximate surface area is 142 Å². The highest BCUT2D eigenvalue weighted by Gasteiger charge is 2.22. The van der Waals surface area contributed by atoms with Crippen molar-refractivity contribution < 1.29 is 18.7 Å². The zero-order valence-corrected chi connectivity index (χ0v) is 14.5. The van der Waals surface area contributed by atoms with Gasteiger partial charge in [-0.25, -0.2) is 0 Å². The predicted molar refractivity (Wildman–Crippen MR) is 90.7 cm³/mol. The van der Waals surface area contributed by atoms with Crippen molar-refractivity contribution in [1.29, 1.82) is 0 Å². The van der Waals surface area contributed by atoms with Gasteiger partial charge in [-0.3, -0.25) is 9.59 Å². The van der Waals surface area contributed by atoms with E-state index < -0.39 is 6.04 Å². The van der Waals surface area contributed by atoms with Gasteiger partial charge in [-0.05, 0) is 39.3 Å². The molecule has 0 saturated heterocycles. The Kier molecular flexibility index (Phi) is 5.79. The van der Waals surface area contributed by atoms with Gasteiger partial charge in [0, 0.05) is 5.56 Å². The summed E-state index contributed by atoms with van der Waals surface area (Å²) in [7, 11) is 0. The van der Waals surface area contributed by atoms with Gasteiger partial charge >= 0.3 is 5.97 Å². The number of carbonyl (C=O) groups is 2. The van der Waals surface area contributed by atoms with Gasteiger partial charge in [0.2, 0.25) is 0 Å². The summed E-state index contributed by atoms with van der Waals surface area (Å²) in [4.78, 5) is 24.5. The van der Waals surface area contributed by atoms with Crippen molar-refractivity contribution >= 4 is 11.9 Å². The number of nitrogens with one attached hydrogen (secondary N) is 1. The summed E-state index contributed by atoms with van der Waals surface area (Å²) in [6.07, 6.45) is 1.34. The third-order valence-electron chi connectivity index (χ3n) is 3.59. The molecular formula is C19H23NO4. The number of hydrogen-bond acceptors (Lipinski definition) is 4. The summed E-state index contributed by atoms with van der Waals surface area (Å²) in [6, 6.07) is 8.94. The van der Waals surface area contributed by atoms with Crippen LogP contribution in [0.1, 0.15) is 53.6 Å². The molecule has 1 aromatic heterocycles. The first-order valence-electron chi connectivity index (χ1n) is 7.98. The molecule has 2 aromatic rings. The van der Waals surface area contributed by atoms with Gasteiger partial charge < -0.3 is 14.5 Å². The monoisotopic (exact) mass is 329 g/mol. The van der Waals surface area contributed by atoms with E-state index in [4.69, 9.17) is 9.15 Å². The quantitative estimate of drug-likeness (QED) is 0.820. The number of aryl methyl sites for hydroxylation is 2. The third kappa shape index (κ3) is 4.72. The molecule has 5 heteroatoms. The summed E-state index contributed by atoms with van der Waals surface area (Å²) >= 11 is 0. The molecule has 0 fully saturated rings. The van der Waals surface area contributed by atoms with Gasteiger partial charge in [-0.2, -0.15) is 0 Å². The van der Waals surface area contributed by atoms with E-state index in [2.05, 4.69) is 5.32 Å². The lowest BCUT2D eigenvalue weighted by Crippen LogP contribution is -2.31. The van der Waals surface area contributed by atoms with Crippen molar-refractivity contribution in [2.45, 2.75) is 46.3 Å². The molecule has 2 rings (SSSR count). The molecule has 0 aliphatic heterocycles. The maximum absolute atomic E-state index is 12.4. The van der Waals surface area contributed by atoms with E-state index in [-0.39, 0.29) is 30.2 Å². The minimum absolute atomic E-state index is 0.0622. The molecule has 0 aliphatic rings. The predicted octanol–water partition coefficient (Wildman–Crippen LogP) is 3.71. The Morgan fingerprint density at radius 2 is 1.79 bits per heavy atom.